The Hall–Kier alpha value is -1.98. The Labute approximate surface area is 187 Å². The van der Waals surface area contributed by atoms with E-state index in [1.54, 1.807) is 12.3 Å². The molecule has 2 aromatic rings. The lowest BCUT2D eigenvalue weighted by Crippen LogP contribution is -2.51. The van der Waals surface area contributed by atoms with Crippen molar-refractivity contribution in [1.82, 2.24) is 14.7 Å². The molecule has 7 heteroatoms. The molecule has 2 fully saturated rings. The maximum Gasteiger partial charge on any atom is 0.254 e. The van der Waals surface area contributed by atoms with Crippen LogP contribution in [0.25, 0.3) is 0 Å². The van der Waals surface area contributed by atoms with Crippen LogP contribution in [0.3, 0.4) is 0 Å². The molecule has 1 aliphatic carbocycles. The summed E-state index contributed by atoms with van der Waals surface area (Å²) in [6.45, 7) is 2.81. The fourth-order valence-electron chi connectivity index (χ4n) is 5.51. The molecule has 1 amide bonds. The quantitative estimate of drug-likeness (QED) is 0.649. The third kappa shape index (κ3) is 3.32. The first-order valence-electron chi connectivity index (χ1n) is 10.8. The second-order valence-corrected chi connectivity index (χ2v) is 9.47. The number of amides is 1. The molecule has 0 radical (unpaired) electrons. The monoisotopic (exact) mass is 444 g/mol. The van der Waals surface area contributed by atoms with Crippen molar-refractivity contribution in [2.45, 2.75) is 57.5 Å². The maximum atomic E-state index is 14.0. The second-order valence-electron chi connectivity index (χ2n) is 8.65. The Balaban J connectivity index is 1.57. The highest BCUT2D eigenvalue weighted by Gasteiger charge is 2.41. The number of rotatable bonds is 2. The van der Waals surface area contributed by atoms with Crippen molar-refractivity contribution in [2.24, 2.45) is 5.92 Å². The summed E-state index contributed by atoms with van der Waals surface area (Å²) in [6, 6.07) is 7.53. The van der Waals surface area contributed by atoms with Gasteiger partial charge in [0.25, 0.3) is 5.91 Å². The standard InChI is InChI=1S/C23H26Cl2N4O/c1-14-21(23(30)28-12-4-6-15-5-2-3-7-19(15)28)22(29-20(27-14)10-11-26-29)16-8-9-17(24)18(25)13-16/h8-11,13,15,19,22,27H,2-7,12H2,1H3. The molecule has 3 atom stereocenters. The third-order valence-corrected chi connectivity index (χ3v) is 7.64. The minimum atomic E-state index is -0.331. The molecule has 2 aliphatic heterocycles. The van der Waals surface area contributed by atoms with E-state index in [0.29, 0.717) is 22.0 Å². The molecule has 5 nitrogen and oxygen atoms in total. The van der Waals surface area contributed by atoms with E-state index >= 15 is 0 Å². The Bertz CT molecular complexity index is 1010. The first-order valence-corrected chi connectivity index (χ1v) is 11.6. The van der Waals surface area contributed by atoms with Gasteiger partial charge in [0.05, 0.1) is 21.8 Å². The fourth-order valence-corrected chi connectivity index (χ4v) is 5.81. The van der Waals surface area contributed by atoms with E-state index in [0.717, 1.165) is 42.0 Å². The van der Waals surface area contributed by atoms with Gasteiger partial charge in [0.15, 0.2) is 0 Å². The van der Waals surface area contributed by atoms with Gasteiger partial charge in [-0.3, -0.25) is 4.79 Å². The van der Waals surface area contributed by atoms with Crippen molar-refractivity contribution in [2.75, 3.05) is 11.9 Å². The van der Waals surface area contributed by atoms with Gasteiger partial charge >= 0.3 is 0 Å². The molecule has 1 aromatic heterocycles. The molecule has 1 N–H and O–H groups in total. The van der Waals surface area contributed by atoms with Gasteiger partial charge in [0, 0.05) is 24.4 Å². The zero-order chi connectivity index (χ0) is 20.8. The Morgan fingerprint density at radius 3 is 2.73 bits per heavy atom. The summed E-state index contributed by atoms with van der Waals surface area (Å²) in [6.07, 6.45) is 8.92. The SMILES string of the molecule is CC1=C(C(=O)N2CCCC3CCCCC32)C(c2ccc(Cl)c(Cl)c2)n2nccc2N1. The highest BCUT2D eigenvalue weighted by molar-refractivity contribution is 6.42. The van der Waals surface area contributed by atoms with Crippen LogP contribution in [0.15, 0.2) is 41.7 Å². The van der Waals surface area contributed by atoms with Gasteiger partial charge < -0.3 is 10.2 Å². The second kappa shape index (κ2) is 7.93. The van der Waals surface area contributed by atoms with E-state index in [-0.39, 0.29) is 11.9 Å². The number of halogens is 2. The van der Waals surface area contributed by atoms with Crippen LogP contribution in [0.4, 0.5) is 5.82 Å². The van der Waals surface area contributed by atoms with E-state index in [4.69, 9.17) is 23.2 Å². The average Bonchev–Trinajstić information content (AvgIpc) is 3.22. The highest BCUT2D eigenvalue weighted by Crippen LogP contribution is 2.41. The molecule has 3 aliphatic rings. The first kappa shape index (κ1) is 20.0. The topological polar surface area (TPSA) is 50.2 Å². The van der Waals surface area contributed by atoms with E-state index in [1.807, 2.05) is 29.8 Å². The van der Waals surface area contributed by atoms with E-state index in [9.17, 15) is 4.79 Å². The number of nitrogens with one attached hydrogen (secondary N) is 1. The highest BCUT2D eigenvalue weighted by atomic mass is 35.5. The number of carbonyl (C=O) groups excluding carboxylic acids is 1. The minimum Gasteiger partial charge on any atom is -0.344 e. The number of allylic oxidation sites excluding steroid dienone is 1. The maximum absolute atomic E-state index is 14.0. The Kier molecular flexibility index (Phi) is 5.28. The molecule has 0 spiro atoms. The van der Waals surface area contributed by atoms with Crippen LogP contribution < -0.4 is 5.32 Å². The number of likely N-dealkylation sites (tertiary alicyclic amines) is 1. The zero-order valence-electron chi connectivity index (χ0n) is 17.1. The number of benzene rings is 1. The summed E-state index contributed by atoms with van der Waals surface area (Å²) < 4.78 is 1.88. The molecular formula is C23H26Cl2N4O. The molecule has 3 unspecified atom stereocenters. The molecule has 1 saturated carbocycles. The number of hydrogen-bond acceptors (Lipinski definition) is 3. The van der Waals surface area contributed by atoms with Crippen molar-refractivity contribution < 1.29 is 4.79 Å². The number of carbonyl (C=O) groups is 1. The van der Waals surface area contributed by atoms with E-state index in [2.05, 4.69) is 15.3 Å². The normalized spacial score (nSPS) is 26.1. The number of piperidine rings is 1. The van der Waals surface area contributed by atoms with Crippen molar-refractivity contribution in [3.05, 3.63) is 57.3 Å². The summed E-state index contributed by atoms with van der Waals surface area (Å²) >= 11 is 12.5. The van der Waals surface area contributed by atoms with Crippen molar-refractivity contribution in [1.29, 1.82) is 0 Å². The lowest BCUT2D eigenvalue weighted by Gasteiger charge is -2.45. The molecule has 3 heterocycles. The van der Waals surface area contributed by atoms with Crippen LogP contribution in [-0.2, 0) is 4.79 Å². The summed E-state index contributed by atoms with van der Waals surface area (Å²) in [7, 11) is 0. The van der Waals surface area contributed by atoms with Crippen LogP contribution in [0, 0.1) is 5.92 Å². The number of anilines is 1. The van der Waals surface area contributed by atoms with Gasteiger partial charge in [-0.1, -0.05) is 42.1 Å². The number of aromatic nitrogens is 2. The number of hydrogen-bond donors (Lipinski definition) is 1. The Morgan fingerprint density at radius 2 is 1.90 bits per heavy atom. The van der Waals surface area contributed by atoms with Crippen LogP contribution in [0.1, 0.15) is 57.1 Å². The smallest absolute Gasteiger partial charge is 0.254 e. The van der Waals surface area contributed by atoms with Gasteiger partial charge in [-0.25, -0.2) is 4.68 Å². The summed E-state index contributed by atoms with van der Waals surface area (Å²) in [4.78, 5) is 16.2. The zero-order valence-corrected chi connectivity index (χ0v) is 18.6. The first-order chi connectivity index (χ1) is 14.5. The van der Waals surface area contributed by atoms with Gasteiger partial charge in [-0.15, -0.1) is 0 Å². The summed E-state index contributed by atoms with van der Waals surface area (Å²) in [5.41, 5.74) is 2.54. The molecule has 5 rings (SSSR count). The predicted octanol–water partition coefficient (Wildman–Crippen LogP) is 5.66. The summed E-state index contributed by atoms with van der Waals surface area (Å²) in [5.74, 6) is 1.63. The van der Waals surface area contributed by atoms with Crippen LogP contribution in [-0.4, -0.2) is 33.2 Å². The molecule has 1 saturated heterocycles. The predicted molar refractivity (Wildman–Crippen MR) is 120 cm³/mol. The van der Waals surface area contributed by atoms with E-state index < -0.39 is 0 Å². The molecule has 30 heavy (non-hydrogen) atoms. The van der Waals surface area contributed by atoms with Crippen LogP contribution in [0.5, 0.6) is 0 Å². The lowest BCUT2D eigenvalue weighted by atomic mass is 9.78. The van der Waals surface area contributed by atoms with Gasteiger partial charge in [0.1, 0.15) is 11.9 Å². The van der Waals surface area contributed by atoms with E-state index in [1.165, 1.54) is 25.7 Å². The molecular weight excluding hydrogens is 419 g/mol. The number of nitrogens with zero attached hydrogens (tertiary/aromatic N) is 3. The fraction of sp³-hybridized carbons (Fsp3) is 0.478. The third-order valence-electron chi connectivity index (χ3n) is 6.90. The number of fused-ring (bicyclic) bond motifs is 2. The van der Waals surface area contributed by atoms with Crippen LogP contribution >= 0.6 is 23.2 Å². The van der Waals surface area contributed by atoms with Crippen molar-refractivity contribution in [3.8, 4) is 0 Å². The molecule has 1 aromatic carbocycles. The minimum absolute atomic E-state index is 0.119. The lowest BCUT2D eigenvalue weighted by molar-refractivity contribution is -0.133. The Morgan fingerprint density at radius 1 is 1.10 bits per heavy atom. The molecule has 0 bridgehead atoms. The van der Waals surface area contributed by atoms with Gasteiger partial charge in [-0.05, 0) is 56.2 Å². The van der Waals surface area contributed by atoms with Crippen molar-refractivity contribution >= 4 is 34.9 Å². The molecule has 158 valence electrons. The van der Waals surface area contributed by atoms with Crippen molar-refractivity contribution in [3.63, 3.8) is 0 Å². The average molecular weight is 445 g/mol. The summed E-state index contributed by atoms with van der Waals surface area (Å²) in [5, 5.41) is 8.90. The van der Waals surface area contributed by atoms with Gasteiger partial charge in [0.2, 0.25) is 0 Å². The largest absolute Gasteiger partial charge is 0.344 e. The van der Waals surface area contributed by atoms with Crippen LogP contribution in [0.2, 0.25) is 10.0 Å². The van der Waals surface area contributed by atoms with Gasteiger partial charge in [-0.2, -0.15) is 5.10 Å².